The third kappa shape index (κ3) is 2.66. The van der Waals surface area contributed by atoms with Gasteiger partial charge in [0.2, 0.25) is 5.95 Å². The summed E-state index contributed by atoms with van der Waals surface area (Å²) in [7, 11) is 0. The zero-order valence-corrected chi connectivity index (χ0v) is 13.5. The summed E-state index contributed by atoms with van der Waals surface area (Å²) in [6.45, 7) is 5.84. The van der Waals surface area contributed by atoms with Crippen LogP contribution in [0.5, 0.6) is 0 Å². The smallest absolute Gasteiger partial charge is 0.268 e. The van der Waals surface area contributed by atoms with Crippen molar-refractivity contribution in [1.29, 1.82) is 0 Å². The lowest BCUT2D eigenvalue weighted by Gasteiger charge is -2.26. The van der Waals surface area contributed by atoms with Crippen LogP contribution in [0.25, 0.3) is 0 Å². The quantitative estimate of drug-likeness (QED) is 0.797. The molecule has 0 saturated carbocycles. The van der Waals surface area contributed by atoms with Gasteiger partial charge in [-0.2, -0.15) is 0 Å². The molecule has 9 heteroatoms. The Morgan fingerprint density at radius 3 is 2.87 bits per heavy atom. The molecule has 4 rings (SSSR count). The fourth-order valence-corrected chi connectivity index (χ4v) is 3.40. The SMILES string of the molecule is Cc1nnsc1C(=O)N1Cc2cnc(N3CCOCC3)nc2C1. The van der Waals surface area contributed by atoms with Gasteiger partial charge in [-0.15, -0.1) is 5.10 Å². The van der Waals surface area contributed by atoms with Gasteiger partial charge in [0.15, 0.2) is 0 Å². The van der Waals surface area contributed by atoms with Gasteiger partial charge in [-0.3, -0.25) is 4.79 Å². The van der Waals surface area contributed by atoms with E-state index >= 15 is 0 Å². The Kier molecular flexibility index (Phi) is 3.66. The molecule has 1 fully saturated rings. The second-order valence-electron chi connectivity index (χ2n) is 5.59. The van der Waals surface area contributed by atoms with Crippen molar-refractivity contribution in [3.8, 4) is 0 Å². The van der Waals surface area contributed by atoms with Crippen molar-refractivity contribution in [2.75, 3.05) is 31.2 Å². The van der Waals surface area contributed by atoms with E-state index in [4.69, 9.17) is 4.74 Å². The number of nitrogens with zero attached hydrogens (tertiary/aromatic N) is 6. The molecule has 0 radical (unpaired) electrons. The molecule has 2 aromatic heterocycles. The Hall–Kier alpha value is -2.13. The lowest BCUT2D eigenvalue weighted by molar-refractivity contribution is 0.0754. The van der Waals surface area contributed by atoms with Crippen LogP contribution < -0.4 is 4.90 Å². The monoisotopic (exact) mass is 332 g/mol. The van der Waals surface area contributed by atoms with Crippen LogP contribution in [-0.2, 0) is 17.8 Å². The summed E-state index contributed by atoms with van der Waals surface area (Å²) in [6.07, 6.45) is 1.83. The third-order valence-corrected chi connectivity index (χ3v) is 4.89. The lowest BCUT2D eigenvalue weighted by Crippen LogP contribution is -2.37. The topological polar surface area (TPSA) is 84.3 Å². The predicted octanol–water partition coefficient (Wildman–Crippen LogP) is 0.629. The first-order valence-electron chi connectivity index (χ1n) is 7.48. The first-order chi connectivity index (χ1) is 11.2. The maximum absolute atomic E-state index is 12.6. The average Bonchev–Trinajstić information content (AvgIpc) is 3.20. The van der Waals surface area contributed by atoms with Crippen molar-refractivity contribution < 1.29 is 9.53 Å². The lowest BCUT2D eigenvalue weighted by atomic mass is 10.3. The van der Waals surface area contributed by atoms with Crippen LogP contribution in [0.4, 0.5) is 5.95 Å². The minimum absolute atomic E-state index is 0.0385. The number of aryl methyl sites for hydroxylation is 1. The Morgan fingerprint density at radius 1 is 1.30 bits per heavy atom. The predicted molar refractivity (Wildman–Crippen MR) is 83.3 cm³/mol. The molecule has 0 aromatic carbocycles. The maximum Gasteiger partial charge on any atom is 0.268 e. The number of amides is 1. The van der Waals surface area contributed by atoms with E-state index < -0.39 is 0 Å². The Labute approximate surface area is 137 Å². The number of rotatable bonds is 2. The number of hydrogen-bond acceptors (Lipinski definition) is 8. The number of fused-ring (bicyclic) bond motifs is 1. The minimum atomic E-state index is -0.0385. The number of morpholine rings is 1. The molecule has 0 atom stereocenters. The van der Waals surface area contributed by atoms with Crippen LogP contribution in [0.15, 0.2) is 6.20 Å². The second-order valence-corrected chi connectivity index (χ2v) is 6.34. The van der Waals surface area contributed by atoms with Crippen molar-refractivity contribution in [2.24, 2.45) is 0 Å². The number of carbonyl (C=O) groups excluding carboxylic acids is 1. The molecule has 0 aliphatic carbocycles. The van der Waals surface area contributed by atoms with Gasteiger partial charge < -0.3 is 14.5 Å². The van der Waals surface area contributed by atoms with E-state index in [-0.39, 0.29) is 5.91 Å². The molecule has 2 aromatic rings. The largest absolute Gasteiger partial charge is 0.378 e. The third-order valence-electron chi connectivity index (χ3n) is 4.07. The molecule has 0 N–H and O–H groups in total. The molecule has 0 spiro atoms. The molecular formula is C14H16N6O2S. The summed E-state index contributed by atoms with van der Waals surface area (Å²) in [6, 6.07) is 0. The zero-order chi connectivity index (χ0) is 15.8. The van der Waals surface area contributed by atoms with E-state index in [1.54, 1.807) is 11.8 Å². The number of carbonyl (C=O) groups is 1. The number of anilines is 1. The van der Waals surface area contributed by atoms with Gasteiger partial charge in [-0.1, -0.05) is 4.49 Å². The summed E-state index contributed by atoms with van der Waals surface area (Å²) in [5, 5.41) is 3.91. The molecule has 2 aliphatic heterocycles. The average molecular weight is 332 g/mol. The number of hydrogen-bond donors (Lipinski definition) is 0. The molecule has 23 heavy (non-hydrogen) atoms. The highest BCUT2D eigenvalue weighted by atomic mass is 32.1. The van der Waals surface area contributed by atoms with Crippen LogP contribution in [0.3, 0.4) is 0 Å². The number of ether oxygens (including phenoxy) is 1. The fraction of sp³-hybridized carbons (Fsp3) is 0.500. The normalized spacial score (nSPS) is 17.4. The zero-order valence-electron chi connectivity index (χ0n) is 12.7. The molecule has 0 bridgehead atoms. The molecule has 0 unspecified atom stereocenters. The standard InChI is InChI=1S/C14H16N6O2S/c1-9-12(23-18-17-9)13(21)20-7-10-6-15-14(16-11(10)8-20)19-2-4-22-5-3-19/h6H,2-5,7-8H2,1H3. The highest BCUT2D eigenvalue weighted by molar-refractivity contribution is 7.07. The fourth-order valence-electron chi connectivity index (χ4n) is 2.77. The molecule has 120 valence electrons. The van der Waals surface area contributed by atoms with Crippen molar-refractivity contribution in [2.45, 2.75) is 20.0 Å². The molecule has 4 heterocycles. The van der Waals surface area contributed by atoms with Gasteiger partial charge in [0.25, 0.3) is 5.91 Å². The van der Waals surface area contributed by atoms with E-state index in [9.17, 15) is 4.79 Å². The van der Waals surface area contributed by atoms with E-state index in [1.807, 2.05) is 6.20 Å². The summed E-state index contributed by atoms with van der Waals surface area (Å²) in [5.74, 6) is 0.681. The second kappa shape index (κ2) is 5.82. The molecule has 1 saturated heterocycles. The minimum Gasteiger partial charge on any atom is -0.378 e. The van der Waals surface area contributed by atoms with Crippen LogP contribution in [0.2, 0.25) is 0 Å². The highest BCUT2D eigenvalue weighted by Crippen LogP contribution is 2.25. The molecule has 2 aliphatic rings. The highest BCUT2D eigenvalue weighted by Gasteiger charge is 2.29. The van der Waals surface area contributed by atoms with E-state index in [0.717, 1.165) is 41.8 Å². The van der Waals surface area contributed by atoms with Crippen LogP contribution in [0, 0.1) is 6.92 Å². The van der Waals surface area contributed by atoms with E-state index in [1.165, 1.54) is 0 Å². The van der Waals surface area contributed by atoms with E-state index in [2.05, 4.69) is 24.5 Å². The molecular weight excluding hydrogens is 316 g/mol. The van der Waals surface area contributed by atoms with Crippen molar-refractivity contribution >= 4 is 23.4 Å². The van der Waals surface area contributed by atoms with Crippen molar-refractivity contribution in [1.82, 2.24) is 24.5 Å². The van der Waals surface area contributed by atoms with Crippen LogP contribution in [0.1, 0.15) is 26.6 Å². The molecule has 8 nitrogen and oxygen atoms in total. The van der Waals surface area contributed by atoms with Crippen molar-refractivity contribution in [3.05, 3.63) is 28.0 Å². The van der Waals surface area contributed by atoms with Crippen LogP contribution >= 0.6 is 11.5 Å². The van der Waals surface area contributed by atoms with Gasteiger partial charge in [0, 0.05) is 31.4 Å². The van der Waals surface area contributed by atoms with Gasteiger partial charge >= 0.3 is 0 Å². The molecule has 1 amide bonds. The first kappa shape index (κ1) is 14.5. The van der Waals surface area contributed by atoms with Crippen LogP contribution in [-0.4, -0.2) is 56.7 Å². The summed E-state index contributed by atoms with van der Waals surface area (Å²) >= 11 is 1.14. The van der Waals surface area contributed by atoms with Gasteiger partial charge in [-0.25, -0.2) is 9.97 Å². The van der Waals surface area contributed by atoms with Gasteiger partial charge in [0.1, 0.15) is 4.88 Å². The Morgan fingerprint density at radius 2 is 2.13 bits per heavy atom. The van der Waals surface area contributed by atoms with Gasteiger partial charge in [0.05, 0.1) is 31.1 Å². The summed E-state index contributed by atoms with van der Waals surface area (Å²) < 4.78 is 9.19. The summed E-state index contributed by atoms with van der Waals surface area (Å²) in [4.78, 5) is 26.1. The number of aromatic nitrogens is 4. The van der Waals surface area contributed by atoms with E-state index in [0.29, 0.717) is 36.9 Å². The Bertz CT molecular complexity index is 743. The Balaban J connectivity index is 1.53. The van der Waals surface area contributed by atoms with Gasteiger partial charge in [-0.05, 0) is 18.5 Å². The summed E-state index contributed by atoms with van der Waals surface area (Å²) in [5.41, 5.74) is 2.60. The van der Waals surface area contributed by atoms with Crippen molar-refractivity contribution in [3.63, 3.8) is 0 Å². The first-order valence-corrected chi connectivity index (χ1v) is 8.25. The maximum atomic E-state index is 12.6.